The van der Waals surface area contributed by atoms with Crippen LogP contribution in [0.1, 0.15) is 35.3 Å². The lowest BCUT2D eigenvalue weighted by Crippen LogP contribution is -2.34. The van der Waals surface area contributed by atoms with Crippen molar-refractivity contribution in [3.63, 3.8) is 0 Å². The third-order valence-corrected chi connectivity index (χ3v) is 5.74. The Kier molecular flexibility index (Phi) is 4.56. The Morgan fingerprint density at radius 2 is 1.88 bits per heavy atom. The van der Waals surface area contributed by atoms with E-state index in [-0.39, 0.29) is 11.9 Å². The topological polar surface area (TPSA) is 66.5 Å². The summed E-state index contributed by atoms with van der Waals surface area (Å²) < 4.78 is 25.4. The van der Waals surface area contributed by atoms with Crippen LogP contribution in [-0.4, -0.2) is 26.6 Å². The van der Waals surface area contributed by atoms with E-state index in [4.69, 9.17) is 0 Å². The molecular weight excluding hydrogens is 336 g/mol. The van der Waals surface area contributed by atoms with Crippen LogP contribution in [0.4, 0.5) is 11.4 Å². The molecule has 5 nitrogen and oxygen atoms in total. The van der Waals surface area contributed by atoms with Crippen molar-refractivity contribution < 1.29 is 13.2 Å². The smallest absolute Gasteiger partial charge is 0.255 e. The molecule has 1 aliphatic heterocycles. The molecule has 0 saturated heterocycles. The maximum Gasteiger partial charge on any atom is 0.255 e. The molecule has 6 heteroatoms. The number of carbonyl (C=O) groups excluding carboxylic acids is 1. The number of nitrogens with zero attached hydrogens (tertiary/aromatic N) is 1. The first-order chi connectivity index (χ1) is 11.8. The minimum absolute atomic E-state index is 0.134. The lowest BCUT2D eigenvalue weighted by molar-refractivity contribution is 0.102. The second kappa shape index (κ2) is 6.52. The summed E-state index contributed by atoms with van der Waals surface area (Å²) in [4.78, 5) is 12.5. The number of amides is 1. The molecule has 3 rings (SSSR count). The van der Waals surface area contributed by atoms with Crippen molar-refractivity contribution in [3.05, 3.63) is 59.2 Å². The van der Waals surface area contributed by atoms with E-state index >= 15 is 0 Å². The third-order valence-electron chi connectivity index (χ3n) is 4.47. The molecule has 0 spiro atoms. The molecule has 2 aromatic carbocycles. The summed E-state index contributed by atoms with van der Waals surface area (Å²) in [7, 11) is -3.32. The number of carbonyl (C=O) groups is 1. The molecule has 1 N–H and O–H groups in total. The first kappa shape index (κ1) is 17.5. The highest BCUT2D eigenvalue weighted by atomic mass is 32.2. The minimum atomic E-state index is -3.32. The van der Waals surface area contributed by atoms with E-state index in [9.17, 15) is 13.2 Å². The van der Waals surface area contributed by atoms with Crippen molar-refractivity contribution >= 4 is 27.3 Å². The van der Waals surface area contributed by atoms with Gasteiger partial charge in [-0.05, 0) is 61.2 Å². The number of aryl methyl sites for hydroxylation is 1. The van der Waals surface area contributed by atoms with E-state index in [2.05, 4.69) is 12.2 Å². The highest BCUT2D eigenvalue weighted by Crippen LogP contribution is 2.34. The van der Waals surface area contributed by atoms with Crippen molar-refractivity contribution in [2.24, 2.45) is 0 Å². The van der Waals surface area contributed by atoms with Crippen LogP contribution in [0.3, 0.4) is 0 Å². The maximum atomic E-state index is 12.5. The number of fused-ring (bicyclic) bond motifs is 1. The van der Waals surface area contributed by atoms with Crippen LogP contribution in [0.15, 0.2) is 42.5 Å². The Labute approximate surface area is 148 Å². The van der Waals surface area contributed by atoms with Gasteiger partial charge in [0.2, 0.25) is 10.0 Å². The van der Waals surface area contributed by atoms with Crippen molar-refractivity contribution in [2.45, 2.75) is 32.7 Å². The van der Waals surface area contributed by atoms with Gasteiger partial charge >= 0.3 is 0 Å². The average molecular weight is 358 g/mol. The van der Waals surface area contributed by atoms with E-state index in [0.717, 1.165) is 17.7 Å². The van der Waals surface area contributed by atoms with Gasteiger partial charge in [-0.3, -0.25) is 9.10 Å². The van der Waals surface area contributed by atoms with Gasteiger partial charge < -0.3 is 5.32 Å². The first-order valence-corrected chi connectivity index (χ1v) is 10.2. The molecule has 132 valence electrons. The molecule has 1 aliphatic rings. The maximum absolute atomic E-state index is 12.5. The zero-order valence-corrected chi connectivity index (χ0v) is 15.4. The summed E-state index contributed by atoms with van der Waals surface area (Å²) >= 11 is 0. The van der Waals surface area contributed by atoms with Gasteiger partial charge in [-0.15, -0.1) is 0 Å². The van der Waals surface area contributed by atoms with E-state index < -0.39 is 10.0 Å². The number of sulfonamides is 1. The number of nitrogens with one attached hydrogen (secondary N) is 1. The number of anilines is 2. The Morgan fingerprint density at radius 3 is 2.48 bits per heavy atom. The quantitative estimate of drug-likeness (QED) is 0.913. The number of hydrogen-bond donors (Lipinski definition) is 1. The fraction of sp³-hybridized carbons (Fsp3) is 0.316. The molecule has 1 amide bonds. The van der Waals surface area contributed by atoms with Crippen LogP contribution in [-0.2, 0) is 22.9 Å². The van der Waals surface area contributed by atoms with Crippen LogP contribution in [0, 0.1) is 0 Å². The van der Waals surface area contributed by atoms with Gasteiger partial charge in [-0.2, -0.15) is 0 Å². The van der Waals surface area contributed by atoms with Crippen LogP contribution in [0.25, 0.3) is 0 Å². The first-order valence-electron chi connectivity index (χ1n) is 8.32. The minimum Gasteiger partial charge on any atom is -0.322 e. The van der Waals surface area contributed by atoms with Crippen LogP contribution >= 0.6 is 0 Å². The Morgan fingerprint density at radius 1 is 1.20 bits per heavy atom. The van der Waals surface area contributed by atoms with Gasteiger partial charge in [0.05, 0.1) is 11.9 Å². The molecule has 25 heavy (non-hydrogen) atoms. The molecule has 0 aromatic heterocycles. The van der Waals surface area contributed by atoms with Crippen molar-refractivity contribution in [1.82, 2.24) is 0 Å². The lowest BCUT2D eigenvalue weighted by Gasteiger charge is -2.21. The van der Waals surface area contributed by atoms with Gasteiger partial charge in [-0.1, -0.05) is 19.1 Å². The summed E-state index contributed by atoms with van der Waals surface area (Å²) in [5.41, 5.74) is 4.03. The molecule has 0 radical (unpaired) electrons. The molecule has 1 atom stereocenters. The SMILES string of the molecule is CCc1ccc(NC(=O)c2ccc3c(c2)C[C@H](C)N3S(C)(=O)=O)cc1. The Bertz CT molecular complexity index is 905. The summed E-state index contributed by atoms with van der Waals surface area (Å²) in [6.07, 6.45) is 2.77. The molecule has 1 heterocycles. The fourth-order valence-corrected chi connectivity index (χ4v) is 4.54. The van der Waals surface area contributed by atoms with Crippen LogP contribution in [0.5, 0.6) is 0 Å². The van der Waals surface area contributed by atoms with E-state index in [1.54, 1.807) is 18.2 Å². The van der Waals surface area contributed by atoms with Gasteiger partial charge in [0.25, 0.3) is 5.91 Å². The highest BCUT2D eigenvalue weighted by molar-refractivity contribution is 7.92. The molecular formula is C19H22N2O3S. The van der Waals surface area contributed by atoms with Gasteiger partial charge in [-0.25, -0.2) is 8.42 Å². The molecule has 0 saturated carbocycles. The number of benzene rings is 2. The second-order valence-electron chi connectivity index (χ2n) is 6.46. The van der Waals surface area contributed by atoms with E-state index in [0.29, 0.717) is 17.7 Å². The summed E-state index contributed by atoms with van der Waals surface area (Å²) in [5, 5.41) is 2.88. The third kappa shape index (κ3) is 3.54. The van der Waals surface area contributed by atoms with Crippen molar-refractivity contribution in [1.29, 1.82) is 0 Å². The van der Waals surface area contributed by atoms with E-state index in [1.807, 2.05) is 31.2 Å². The lowest BCUT2D eigenvalue weighted by atomic mass is 10.1. The predicted molar refractivity (Wildman–Crippen MR) is 101 cm³/mol. The second-order valence-corrected chi connectivity index (χ2v) is 8.32. The Balaban J connectivity index is 1.82. The van der Waals surface area contributed by atoms with Gasteiger partial charge in [0, 0.05) is 17.3 Å². The molecule has 0 fully saturated rings. The van der Waals surface area contributed by atoms with Crippen molar-refractivity contribution in [3.8, 4) is 0 Å². The van der Waals surface area contributed by atoms with Crippen molar-refractivity contribution in [2.75, 3.05) is 15.9 Å². The molecule has 2 aromatic rings. The van der Waals surface area contributed by atoms with Crippen LogP contribution < -0.4 is 9.62 Å². The van der Waals surface area contributed by atoms with E-state index in [1.165, 1.54) is 16.1 Å². The Hall–Kier alpha value is -2.34. The summed E-state index contributed by atoms with van der Waals surface area (Å²) in [6, 6.07) is 12.8. The normalized spacial score (nSPS) is 16.6. The number of hydrogen-bond acceptors (Lipinski definition) is 3. The standard InChI is InChI=1S/C19H22N2O3S/c1-4-14-5-8-17(9-6-14)20-19(22)15-7-10-18-16(12-15)11-13(2)21(18)25(3,23)24/h5-10,12-13H,4,11H2,1-3H3,(H,20,22)/t13-/m0/s1. The van der Waals surface area contributed by atoms with Gasteiger partial charge in [0.1, 0.15) is 0 Å². The fourth-order valence-electron chi connectivity index (χ4n) is 3.28. The largest absolute Gasteiger partial charge is 0.322 e. The number of rotatable bonds is 4. The monoisotopic (exact) mass is 358 g/mol. The zero-order chi connectivity index (χ0) is 18.2. The zero-order valence-electron chi connectivity index (χ0n) is 14.6. The average Bonchev–Trinajstić information content (AvgIpc) is 2.90. The summed E-state index contributed by atoms with van der Waals surface area (Å²) in [5.74, 6) is -0.197. The molecule has 0 unspecified atom stereocenters. The predicted octanol–water partition coefficient (Wildman–Crippen LogP) is 3.21. The summed E-state index contributed by atoms with van der Waals surface area (Å²) in [6.45, 7) is 3.95. The highest BCUT2D eigenvalue weighted by Gasteiger charge is 2.32. The molecule has 0 bridgehead atoms. The molecule has 0 aliphatic carbocycles. The van der Waals surface area contributed by atoms with Gasteiger partial charge in [0.15, 0.2) is 0 Å². The van der Waals surface area contributed by atoms with Crippen LogP contribution in [0.2, 0.25) is 0 Å².